The highest BCUT2D eigenvalue weighted by atomic mass is 15.1. The van der Waals surface area contributed by atoms with Crippen LogP contribution in [0.5, 0.6) is 0 Å². The van der Waals surface area contributed by atoms with E-state index >= 15 is 0 Å². The standard InChI is InChI=1S/C57H49N/c1-3-13-38(14-4-1)40-23-29-45(30-24-40)58(46-31-25-41(26-32-46)39-15-5-2-6-16-39)47-33-27-43-36-52-51-34-28-42-17-7-8-18-48(42)56(51)57(55(52)37-44(43)35-47)53-21-11-9-19-49(53)50-20-10-12-22-54(50)57/h7-12,17-39H,1-6,13-16H2. The minimum Gasteiger partial charge on any atom is -0.310 e. The molecule has 0 atom stereocenters. The fraction of sp³-hybridized carbons (Fsp3) is 0.228. The summed E-state index contributed by atoms with van der Waals surface area (Å²) in [5, 5.41) is 5.18. The maximum absolute atomic E-state index is 2.55. The van der Waals surface area contributed by atoms with E-state index in [0.717, 1.165) is 0 Å². The summed E-state index contributed by atoms with van der Waals surface area (Å²) in [5.41, 5.74) is 17.2. The van der Waals surface area contributed by atoms with Crippen molar-refractivity contribution in [3.8, 4) is 22.3 Å². The Balaban J connectivity index is 1.05. The third-order valence-electron chi connectivity index (χ3n) is 14.6. The number of anilines is 3. The van der Waals surface area contributed by atoms with E-state index in [4.69, 9.17) is 0 Å². The second kappa shape index (κ2) is 13.6. The predicted octanol–water partition coefficient (Wildman–Crippen LogP) is 15.9. The Morgan fingerprint density at radius 3 is 1.52 bits per heavy atom. The minimum atomic E-state index is -0.410. The summed E-state index contributed by atoms with van der Waals surface area (Å²) < 4.78 is 0. The lowest BCUT2D eigenvalue weighted by atomic mass is 9.69. The van der Waals surface area contributed by atoms with E-state index in [-0.39, 0.29) is 0 Å². The highest BCUT2D eigenvalue weighted by Crippen LogP contribution is 2.64. The van der Waals surface area contributed by atoms with Gasteiger partial charge < -0.3 is 4.90 Å². The molecule has 2 saturated carbocycles. The monoisotopic (exact) mass is 747 g/mol. The van der Waals surface area contributed by atoms with Crippen LogP contribution in [0.25, 0.3) is 43.8 Å². The van der Waals surface area contributed by atoms with E-state index in [1.54, 1.807) is 0 Å². The molecule has 0 aliphatic heterocycles. The molecule has 1 spiro atoms. The van der Waals surface area contributed by atoms with Crippen LogP contribution in [-0.4, -0.2) is 0 Å². The summed E-state index contributed by atoms with van der Waals surface area (Å²) in [5.74, 6) is 1.38. The molecular formula is C57H49N. The summed E-state index contributed by atoms with van der Waals surface area (Å²) in [7, 11) is 0. The van der Waals surface area contributed by atoms with Gasteiger partial charge in [-0.25, -0.2) is 0 Å². The lowest BCUT2D eigenvalue weighted by Crippen LogP contribution is -2.26. The molecule has 2 fully saturated rings. The zero-order valence-electron chi connectivity index (χ0n) is 33.3. The number of nitrogens with zero attached hydrogens (tertiary/aromatic N) is 1. The summed E-state index contributed by atoms with van der Waals surface area (Å²) in [6.07, 6.45) is 13.4. The molecule has 282 valence electrons. The molecule has 0 radical (unpaired) electrons. The van der Waals surface area contributed by atoms with Crippen LogP contribution in [-0.2, 0) is 5.41 Å². The molecule has 4 aliphatic rings. The van der Waals surface area contributed by atoms with Crippen LogP contribution in [0.2, 0.25) is 0 Å². The summed E-state index contributed by atoms with van der Waals surface area (Å²) >= 11 is 0. The third-order valence-corrected chi connectivity index (χ3v) is 14.6. The zero-order chi connectivity index (χ0) is 38.2. The fourth-order valence-corrected chi connectivity index (χ4v) is 11.9. The van der Waals surface area contributed by atoms with E-state index in [2.05, 4.69) is 169 Å². The van der Waals surface area contributed by atoms with E-state index in [1.165, 1.54) is 158 Å². The first-order valence-corrected chi connectivity index (χ1v) is 22.1. The Bertz CT molecular complexity index is 2740. The van der Waals surface area contributed by atoms with E-state index in [0.29, 0.717) is 11.8 Å². The number of hydrogen-bond donors (Lipinski definition) is 0. The van der Waals surface area contributed by atoms with Gasteiger partial charge in [0, 0.05) is 17.1 Å². The van der Waals surface area contributed by atoms with E-state index < -0.39 is 5.41 Å². The largest absolute Gasteiger partial charge is 0.310 e. The van der Waals surface area contributed by atoms with Crippen molar-refractivity contribution in [3.05, 3.63) is 197 Å². The van der Waals surface area contributed by atoms with Crippen LogP contribution in [0, 0.1) is 0 Å². The van der Waals surface area contributed by atoms with Gasteiger partial charge in [0.15, 0.2) is 0 Å². The number of fused-ring (bicyclic) bond motifs is 13. The van der Waals surface area contributed by atoms with Crippen LogP contribution >= 0.6 is 0 Å². The van der Waals surface area contributed by atoms with Crippen molar-refractivity contribution < 1.29 is 0 Å². The van der Waals surface area contributed by atoms with E-state index in [9.17, 15) is 0 Å². The van der Waals surface area contributed by atoms with Crippen molar-refractivity contribution in [2.24, 2.45) is 0 Å². The lowest BCUT2D eigenvalue weighted by molar-refractivity contribution is 0.443. The maximum Gasteiger partial charge on any atom is 0.0731 e. The molecule has 58 heavy (non-hydrogen) atoms. The molecule has 8 aromatic rings. The molecule has 0 heterocycles. The van der Waals surface area contributed by atoms with Gasteiger partial charge in [-0.2, -0.15) is 0 Å². The Morgan fingerprint density at radius 2 is 0.897 bits per heavy atom. The lowest BCUT2D eigenvalue weighted by Gasteiger charge is -2.31. The third kappa shape index (κ3) is 5.15. The normalized spacial score (nSPS) is 17.0. The summed E-state index contributed by atoms with van der Waals surface area (Å²) in [6.45, 7) is 0. The van der Waals surface area contributed by atoms with Gasteiger partial charge in [0.05, 0.1) is 5.41 Å². The van der Waals surface area contributed by atoms with Crippen LogP contribution in [0.1, 0.15) is 109 Å². The molecule has 0 aromatic heterocycles. The van der Waals surface area contributed by atoms with Crippen molar-refractivity contribution >= 4 is 38.6 Å². The van der Waals surface area contributed by atoms with Crippen molar-refractivity contribution in [1.82, 2.24) is 0 Å². The average Bonchev–Trinajstić information content (AvgIpc) is 3.76. The smallest absolute Gasteiger partial charge is 0.0731 e. The molecular weight excluding hydrogens is 699 g/mol. The van der Waals surface area contributed by atoms with Gasteiger partial charge in [-0.15, -0.1) is 0 Å². The van der Waals surface area contributed by atoms with Crippen molar-refractivity contribution in [1.29, 1.82) is 0 Å². The number of rotatable bonds is 5. The van der Waals surface area contributed by atoms with Crippen LogP contribution < -0.4 is 4.90 Å². The number of benzene rings is 8. The zero-order valence-corrected chi connectivity index (χ0v) is 33.3. The van der Waals surface area contributed by atoms with Crippen molar-refractivity contribution in [3.63, 3.8) is 0 Å². The molecule has 0 saturated heterocycles. The molecule has 12 rings (SSSR count). The molecule has 8 aromatic carbocycles. The van der Waals surface area contributed by atoms with Crippen LogP contribution in [0.3, 0.4) is 0 Å². The fourth-order valence-electron chi connectivity index (χ4n) is 11.9. The van der Waals surface area contributed by atoms with Gasteiger partial charge in [0.25, 0.3) is 0 Å². The second-order valence-corrected chi connectivity index (χ2v) is 17.7. The van der Waals surface area contributed by atoms with Gasteiger partial charge in [0.2, 0.25) is 0 Å². The number of hydrogen-bond acceptors (Lipinski definition) is 1. The molecule has 1 nitrogen and oxygen atoms in total. The van der Waals surface area contributed by atoms with Crippen molar-refractivity contribution in [2.45, 2.75) is 81.5 Å². The van der Waals surface area contributed by atoms with Crippen LogP contribution in [0.4, 0.5) is 17.1 Å². The van der Waals surface area contributed by atoms with Gasteiger partial charge in [0.1, 0.15) is 0 Å². The topological polar surface area (TPSA) is 3.24 Å². The average molecular weight is 748 g/mol. The van der Waals surface area contributed by atoms with Gasteiger partial charge in [-0.3, -0.25) is 0 Å². The first-order chi connectivity index (χ1) is 28.8. The SMILES string of the molecule is c1ccc2c(c1)-c1ccccc1C21c2cc3cc(N(c4ccc(C5CCCCC5)cc4)c4ccc(C5CCCCC5)cc4)ccc3cc2-c2ccc3ccccc3c21. The molecule has 0 unspecified atom stereocenters. The molecule has 1 heteroatoms. The maximum atomic E-state index is 2.55. The van der Waals surface area contributed by atoms with E-state index in [1.807, 2.05) is 0 Å². The summed E-state index contributed by atoms with van der Waals surface area (Å²) in [6, 6.07) is 63.5. The first kappa shape index (κ1) is 34.1. The predicted molar refractivity (Wildman–Crippen MR) is 244 cm³/mol. The van der Waals surface area contributed by atoms with Crippen LogP contribution in [0.15, 0.2) is 164 Å². The molecule has 0 bridgehead atoms. The highest BCUT2D eigenvalue weighted by Gasteiger charge is 2.52. The quantitative estimate of drug-likeness (QED) is 0.169. The summed E-state index contributed by atoms with van der Waals surface area (Å²) in [4.78, 5) is 2.50. The van der Waals surface area contributed by atoms with Gasteiger partial charge >= 0.3 is 0 Å². The van der Waals surface area contributed by atoms with Gasteiger partial charge in [-0.1, -0.05) is 154 Å². The Labute approximate surface area is 343 Å². The highest BCUT2D eigenvalue weighted by molar-refractivity contribution is 6.06. The first-order valence-electron chi connectivity index (χ1n) is 22.1. The molecule has 4 aliphatic carbocycles. The Hall–Kier alpha value is -5.92. The van der Waals surface area contributed by atoms with Gasteiger partial charge in [-0.05, 0) is 163 Å². The minimum absolute atomic E-state index is 0.410. The molecule has 0 amide bonds. The Morgan fingerprint density at radius 1 is 0.362 bits per heavy atom. The second-order valence-electron chi connectivity index (χ2n) is 17.7. The van der Waals surface area contributed by atoms with Crippen molar-refractivity contribution in [2.75, 3.05) is 4.90 Å². The Kier molecular flexibility index (Phi) is 8.00. The molecule has 0 N–H and O–H groups in total.